The van der Waals surface area contributed by atoms with Gasteiger partial charge in [0.15, 0.2) is 5.75 Å². The van der Waals surface area contributed by atoms with Gasteiger partial charge in [-0.1, -0.05) is 24.3 Å². The largest absolute Gasteiger partial charge is 0.506 e. The Labute approximate surface area is 215 Å². The first-order valence-corrected chi connectivity index (χ1v) is 14.7. The van der Waals surface area contributed by atoms with E-state index in [1.54, 1.807) is 0 Å². The highest BCUT2D eigenvalue weighted by Crippen LogP contribution is 2.63. The molecule has 0 radical (unpaired) electrons. The first-order chi connectivity index (χ1) is 17.1. The number of alkyl halides is 2. The predicted octanol–water partition coefficient (Wildman–Crippen LogP) is 4.26. The van der Waals surface area contributed by atoms with Gasteiger partial charge >= 0.3 is 19.2 Å². The van der Waals surface area contributed by atoms with Gasteiger partial charge in [0.25, 0.3) is 10.1 Å². The molecule has 5 N–H and O–H groups in total. The second-order valence-electron chi connectivity index (χ2n) is 7.53. The number of carboxylic acids is 1. The van der Waals surface area contributed by atoms with Crippen LogP contribution in [0, 0.1) is 0 Å². The number of amides is 1. The topological polar surface area (TPSA) is 188 Å². The number of carbonyl (C=O) groups is 2. The van der Waals surface area contributed by atoms with Crippen LogP contribution in [0.3, 0.4) is 0 Å². The van der Waals surface area contributed by atoms with Crippen molar-refractivity contribution in [3.63, 3.8) is 0 Å². The van der Waals surface area contributed by atoms with Crippen molar-refractivity contribution in [1.29, 1.82) is 0 Å². The number of hydrogen-bond acceptors (Lipinski definition) is 8. The van der Waals surface area contributed by atoms with Gasteiger partial charge in [-0.2, -0.15) is 29.0 Å². The molecule has 1 unspecified atom stereocenters. The van der Waals surface area contributed by atoms with E-state index in [1.807, 2.05) is 0 Å². The molecule has 1 atom stereocenters. The minimum Gasteiger partial charge on any atom is -0.506 e. The van der Waals surface area contributed by atoms with Gasteiger partial charge in [-0.3, -0.25) is 13.9 Å². The summed E-state index contributed by atoms with van der Waals surface area (Å²) < 4.78 is 76.5. The zero-order valence-electron chi connectivity index (χ0n) is 19.3. The second-order valence-corrected chi connectivity index (χ2v) is 11.9. The Hall–Kier alpha value is -2.55. The fourth-order valence-electron chi connectivity index (χ4n) is 3.01. The molecule has 0 saturated heterocycles. The molecular weight excluding hydrogens is 559 g/mol. The number of anilines is 1. The van der Waals surface area contributed by atoms with Crippen molar-refractivity contribution in [2.24, 2.45) is 0 Å². The third kappa shape index (κ3) is 7.97. The number of halogens is 2. The molecule has 1 amide bonds. The first-order valence-electron chi connectivity index (χ1n) is 10.5. The molecule has 0 saturated carbocycles. The molecule has 204 valence electrons. The van der Waals surface area contributed by atoms with E-state index < -0.39 is 57.0 Å². The van der Waals surface area contributed by atoms with E-state index in [2.05, 4.69) is 9.84 Å². The summed E-state index contributed by atoms with van der Waals surface area (Å²) >= 11 is 1.38. The van der Waals surface area contributed by atoms with Gasteiger partial charge in [0.2, 0.25) is 5.91 Å². The van der Waals surface area contributed by atoms with Gasteiger partial charge in [0.1, 0.15) is 10.5 Å². The molecule has 0 aliphatic carbocycles. The van der Waals surface area contributed by atoms with Crippen LogP contribution in [0.2, 0.25) is 0 Å². The summed E-state index contributed by atoms with van der Waals surface area (Å²) in [6.07, 6.45) is 0.315. The van der Waals surface area contributed by atoms with E-state index in [4.69, 9.17) is 5.11 Å². The fourth-order valence-corrected chi connectivity index (χ4v) is 5.55. The Bertz CT molecular complexity index is 1300. The highest BCUT2D eigenvalue weighted by molar-refractivity contribution is 7.98. The van der Waals surface area contributed by atoms with E-state index in [0.717, 1.165) is 24.3 Å². The lowest BCUT2D eigenvalue weighted by Gasteiger charge is -2.22. The maximum absolute atomic E-state index is 14.2. The summed E-state index contributed by atoms with van der Waals surface area (Å²) in [4.78, 5) is 31.8. The standard InChI is InChI=1S/C21H24F2NO10PS2/c1-2-34-35(29,30)21(22,23)14-7-5-13(6-8-14)12-36-9-3-4-18(25)24-15-10-16(20(27)28)19(26)17(11-15)37(31,32)33/h5-8,10-11,26H,2-4,9,12H2,1H3,(H,24,25)(H,27,28)(H,29,30)(H,31,32,33). The summed E-state index contributed by atoms with van der Waals surface area (Å²) in [7, 11) is -10.1. The van der Waals surface area contributed by atoms with Gasteiger partial charge in [0, 0.05) is 23.4 Å². The minimum atomic E-state index is -5.18. The number of benzene rings is 2. The summed E-state index contributed by atoms with van der Waals surface area (Å²) in [5.41, 5.74) is -5.15. The molecule has 2 rings (SSSR count). The number of aromatic hydroxyl groups is 1. The highest BCUT2D eigenvalue weighted by Gasteiger charge is 2.52. The molecule has 0 aliphatic heterocycles. The van der Waals surface area contributed by atoms with E-state index in [-0.39, 0.29) is 18.7 Å². The van der Waals surface area contributed by atoms with Crippen molar-refractivity contribution in [3.8, 4) is 5.75 Å². The Morgan fingerprint density at radius 2 is 1.81 bits per heavy atom. The number of rotatable bonds is 13. The molecule has 2 aromatic carbocycles. The lowest BCUT2D eigenvalue weighted by molar-refractivity contribution is -0.116. The Balaban J connectivity index is 1.89. The molecule has 2 aromatic rings. The lowest BCUT2D eigenvalue weighted by atomic mass is 10.1. The molecule has 0 bridgehead atoms. The number of phenols is 1. The van der Waals surface area contributed by atoms with Crippen LogP contribution in [-0.2, 0) is 35.4 Å². The molecule has 0 heterocycles. The van der Waals surface area contributed by atoms with Crippen molar-refractivity contribution in [1.82, 2.24) is 0 Å². The van der Waals surface area contributed by atoms with Gasteiger partial charge in [0.05, 0.1) is 6.61 Å². The molecule has 11 nitrogen and oxygen atoms in total. The van der Waals surface area contributed by atoms with Gasteiger partial charge in [-0.15, -0.1) is 0 Å². The molecule has 37 heavy (non-hydrogen) atoms. The molecular formula is C21H24F2NO10PS2. The van der Waals surface area contributed by atoms with E-state index in [9.17, 15) is 45.9 Å². The highest BCUT2D eigenvalue weighted by atomic mass is 32.2. The van der Waals surface area contributed by atoms with Crippen LogP contribution in [0.4, 0.5) is 14.5 Å². The number of carbonyl (C=O) groups excluding carboxylic acids is 1. The van der Waals surface area contributed by atoms with Gasteiger partial charge in [-0.25, -0.2) is 4.79 Å². The van der Waals surface area contributed by atoms with Crippen LogP contribution in [0.15, 0.2) is 41.3 Å². The normalized spacial score (nSPS) is 13.6. The number of thioether (sulfide) groups is 1. The van der Waals surface area contributed by atoms with E-state index in [0.29, 0.717) is 23.5 Å². The summed E-state index contributed by atoms with van der Waals surface area (Å²) in [5.74, 6) is -2.56. The number of carboxylic acid groups (broad SMARTS) is 1. The van der Waals surface area contributed by atoms with E-state index in [1.165, 1.54) is 30.8 Å². The van der Waals surface area contributed by atoms with Crippen molar-refractivity contribution >= 4 is 47.0 Å². The van der Waals surface area contributed by atoms with Crippen molar-refractivity contribution < 1.29 is 55.5 Å². The molecule has 0 spiro atoms. The Kier molecular flexibility index (Phi) is 10.2. The average molecular weight is 584 g/mol. The van der Waals surface area contributed by atoms with Crippen LogP contribution in [-0.4, -0.2) is 52.3 Å². The molecule has 0 aromatic heterocycles. The number of hydrogen-bond donors (Lipinski definition) is 5. The van der Waals surface area contributed by atoms with E-state index >= 15 is 0 Å². The average Bonchev–Trinajstić information content (AvgIpc) is 2.79. The monoisotopic (exact) mass is 583 g/mol. The van der Waals surface area contributed by atoms with Gasteiger partial charge < -0.3 is 24.9 Å². The number of aromatic carboxylic acids is 1. The maximum Gasteiger partial charge on any atom is 0.401 e. The van der Waals surface area contributed by atoms with Crippen LogP contribution in [0.1, 0.15) is 41.3 Å². The van der Waals surface area contributed by atoms with Crippen LogP contribution in [0.25, 0.3) is 0 Å². The zero-order chi connectivity index (χ0) is 28.0. The van der Waals surface area contributed by atoms with Crippen molar-refractivity contribution in [2.75, 3.05) is 17.7 Å². The molecule has 0 fully saturated rings. The van der Waals surface area contributed by atoms with Crippen molar-refractivity contribution in [3.05, 3.63) is 53.1 Å². The van der Waals surface area contributed by atoms with Crippen LogP contribution in [0.5, 0.6) is 5.75 Å². The zero-order valence-corrected chi connectivity index (χ0v) is 21.8. The first kappa shape index (κ1) is 30.7. The lowest BCUT2D eigenvalue weighted by Crippen LogP contribution is -2.15. The van der Waals surface area contributed by atoms with Crippen LogP contribution < -0.4 is 5.32 Å². The maximum atomic E-state index is 14.2. The quantitative estimate of drug-likeness (QED) is 0.0981. The van der Waals surface area contributed by atoms with Crippen LogP contribution >= 0.6 is 19.4 Å². The molecule has 16 heteroatoms. The third-order valence-electron chi connectivity index (χ3n) is 4.79. The summed E-state index contributed by atoms with van der Waals surface area (Å²) in [6.45, 7) is 0.977. The van der Waals surface area contributed by atoms with Crippen molar-refractivity contribution in [2.45, 2.75) is 36.1 Å². The summed E-state index contributed by atoms with van der Waals surface area (Å²) in [5, 5.41) is 21.2. The fraction of sp³-hybridized carbons (Fsp3) is 0.333. The molecule has 0 aliphatic rings. The van der Waals surface area contributed by atoms with Gasteiger partial charge in [-0.05, 0) is 36.8 Å². The predicted molar refractivity (Wildman–Crippen MR) is 131 cm³/mol. The summed E-state index contributed by atoms with van der Waals surface area (Å²) in [6, 6.07) is 6.40. The number of nitrogens with one attached hydrogen (secondary N) is 1. The smallest absolute Gasteiger partial charge is 0.401 e. The third-order valence-corrected chi connectivity index (χ3v) is 8.35. The Morgan fingerprint density at radius 1 is 1.19 bits per heavy atom. The SMILES string of the molecule is CCOP(=O)(O)C(F)(F)c1ccc(CSCCCC(=O)Nc2cc(C(=O)O)c(O)c(S(=O)(=O)O)c2)cc1. The Morgan fingerprint density at radius 3 is 2.35 bits per heavy atom. The second kappa shape index (κ2) is 12.3. The minimum absolute atomic E-state index is 0.0358.